The van der Waals surface area contributed by atoms with Crippen LogP contribution in [-0.4, -0.2) is 44.9 Å². The number of benzene rings is 1. The van der Waals surface area contributed by atoms with Crippen molar-refractivity contribution in [2.75, 3.05) is 20.6 Å². The van der Waals surface area contributed by atoms with Crippen LogP contribution in [0, 0.1) is 24.1 Å². The van der Waals surface area contributed by atoms with Crippen LogP contribution in [0.2, 0.25) is 0 Å². The number of rotatable bonds is 6. The van der Waals surface area contributed by atoms with E-state index in [2.05, 4.69) is 28.1 Å². The van der Waals surface area contributed by atoms with Crippen LogP contribution in [0.3, 0.4) is 0 Å². The van der Waals surface area contributed by atoms with Gasteiger partial charge in [-0.25, -0.2) is 8.91 Å². The molecule has 0 fully saturated rings. The maximum absolute atomic E-state index is 14.3. The van der Waals surface area contributed by atoms with Gasteiger partial charge in [0.25, 0.3) is 0 Å². The van der Waals surface area contributed by atoms with Gasteiger partial charge in [-0.1, -0.05) is 23.9 Å². The number of hydrogen-bond acceptors (Lipinski definition) is 5. The van der Waals surface area contributed by atoms with E-state index in [9.17, 15) is 9.65 Å². The largest absolute Gasteiger partial charge is 0.307 e. The maximum atomic E-state index is 14.3. The molecule has 0 aliphatic rings. The van der Waals surface area contributed by atoms with E-state index in [1.165, 1.54) is 17.8 Å². The van der Waals surface area contributed by atoms with E-state index < -0.39 is 0 Å². The Bertz CT molecular complexity index is 1280. The summed E-state index contributed by atoms with van der Waals surface area (Å²) in [5, 5.41) is 18.5. The molecular weight excluding hydrogens is 411 g/mol. The van der Waals surface area contributed by atoms with E-state index in [-0.39, 0.29) is 11.9 Å². The highest BCUT2D eigenvalue weighted by Gasteiger charge is 2.18. The summed E-state index contributed by atoms with van der Waals surface area (Å²) in [6.07, 6.45) is 5.29. The SMILES string of the molecule is Cc1c(-c2cc(Sc3ccccc3F)c3c(C#N)cnn3c2)cnn1[C@@H](C)CN(C)C. The molecule has 1 aromatic carbocycles. The van der Waals surface area contributed by atoms with Crippen LogP contribution in [0.1, 0.15) is 24.2 Å². The van der Waals surface area contributed by atoms with Crippen LogP contribution < -0.4 is 0 Å². The number of likely N-dealkylation sites (N-methyl/N-ethyl adjacent to an activating group) is 1. The van der Waals surface area contributed by atoms with E-state index >= 15 is 0 Å². The second-order valence-corrected chi connectivity index (χ2v) is 8.87. The Hall–Kier alpha value is -3.15. The van der Waals surface area contributed by atoms with Crippen LogP contribution in [0.5, 0.6) is 0 Å². The normalized spacial score (nSPS) is 12.4. The van der Waals surface area contributed by atoms with Crippen LogP contribution in [-0.2, 0) is 0 Å². The molecule has 158 valence electrons. The van der Waals surface area contributed by atoms with Crippen LogP contribution in [0.15, 0.2) is 58.7 Å². The first-order valence-electron chi connectivity index (χ1n) is 9.92. The monoisotopic (exact) mass is 434 g/mol. The van der Waals surface area contributed by atoms with Gasteiger partial charge in [0, 0.05) is 39.4 Å². The molecule has 0 spiro atoms. The van der Waals surface area contributed by atoms with E-state index in [1.54, 1.807) is 28.9 Å². The lowest BCUT2D eigenvalue weighted by Gasteiger charge is -2.19. The zero-order chi connectivity index (χ0) is 22.1. The van der Waals surface area contributed by atoms with Crippen LogP contribution in [0.25, 0.3) is 16.6 Å². The number of pyridine rings is 1. The Morgan fingerprint density at radius 2 is 1.97 bits per heavy atom. The highest BCUT2D eigenvalue weighted by atomic mass is 32.2. The van der Waals surface area contributed by atoms with E-state index in [0.29, 0.717) is 16.0 Å². The lowest BCUT2D eigenvalue weighted by atomic mass is 10.1. The summed E-state index contributed by atoms with van der Waals surface area (Å²) in [6.45, 7) is 5.06. The number of hydrogen-bond donors (Lipinski definition) is 0. The Morgan fingerprint density at radius 1 is 1.19 bits per heavy atom. The second-order valence-electron chi connectivity index (χ2n) is 7.79. The molecule has 0 unspecified atom stereocenters. The Morgan fingerprint density at radius 3 is 2.68 bits per heavy atom. The maximum Gasteiger partial charge on any atom is 0.137 e. The third-order valence-corrected chi connectivity index (χ3v) is 6.24. The summed E-state index contributed by atoms with van der Waals surface area (Å²) in [7, 11) is 4.09. The average Bonchev–Trinajstić information content (AvgIpc) is 3.32. The fourth-order valence-electron chi connectivity index (χ4n) is 3.79. The summed E-state index contributed by atoms with van der Waals surface area (Å²) in [5.74, 6) is -0.296. The minimum Gasteiger partial charge on any atom is -0.307 e. The minimum atomic E-state index is -0.296. The first kappa shape index (κ1) is 21.1. The molecular formula is C23H23FN6S. The molecule has 4 aromatic rings. The van der Waals surface area contributed by atoms with Crippen molar-refractivity contribution in [3.05, 3.63) is 66.0 Å². The van der Waals surface area contributed by atoms with Crippen molar-refractivity contribution >= 4 is 17.3 Å². The van der Waals surface area contributed by atoms with Crippen molar-refractivity contribution in [2.24, 2.45) is 0 Å². The topological polar surface area (TPSA) is 62.2 Å². The first-order chi connectivity index (χ1) is 14.9. The number of nitriles is 1. The molecule has 0 saturated carbocycles. The molecule has 4 rings (SSSR count). The Labute approximate surface area is 184 Å². The molecule has 3 aromatic heterocycles. The molecule has 0 amide bonds. The van der Waals surface area contributed by atoms with Crippen molar-refractivity contribution in [3.8, 4) is 17.2 Å². The van der Waals surface area contributed by atoms with Gasteiger partial charge in [0.2, 0.25) is 0 Å². The van der Waals surface area contributed by atoms with Gasteiger partial charge >= 0.3 is 0 Å². The van der Waals surface area contributed by atoms with Crippen LogP contribution >= 0.6 is 11.8 Å². The fourth-order valence-corrected chi connectivity index (χ4v) is 4.83. The molecule has 0 aliphatic heterocycles. The lowest BCUT2D eigenvalue weighted by molar-refractivity contribution is 0.319. The second kappa shape index (κ2) is 8.53. The molecule has 1 atom stereocenters. The standard InChI is InChI=1S/C23H23FN6S/c1-15(13-28(3)4)30-16(2)19(12-27-30)17-9-22(31-21-8-6-5-7-20(21)24)23-18(10-25)11-26-29(23)14-17/h5-9,11-12,14-15H,13H2,1-4H3/t15-/m0/s1. The third-order valence-electron chi connectivity index (χ3n) is 5.16. The number of fused-ring (bicyclic) bond motifs is 1. The van der Waals surface area contributed by atoms with Gasteiger partial charge in [-0.05, 0) is 46.1 Å². The van der Waals surface area contributed by atoms with E-state index in [4.69, 9.17) is 0 Å². The molecule has 6 nitrogen and oxygen atoms in total. The van der Waals surface area contributed by atoms with Crippen LogP contribution in [0.4, 0.5) is 4.39 Å². The number of aromatic nitrogens is 4. The van der Waals surface area contributed by atoms with Gasteiger partial charge in [-0.3, -0.25) is 4.68 Å². The zero-order valence-electron chi connectivity index (χ0n) is 17.9. The van der Waals surface area contributed by atoms with Crippen molar-refractivity contribution in [2.45, 2.75) is 29.7 Å². The van der Waals surface area contributed by atoms with Gasteiger partial charge in [0.05, 0.1) is 29.5 Å². The minimum absolute atomic E-state index is 0.217. The number of halogens is 1. The van der Waals surface area contributed by atoms with Gasteiger partial charge in [-0.15, -0.1) is 0 Å². The Kier molecular flexibility index (Phi) is 5.81. The third kappa shape index (κ3) is 4.07. The highest BCUT2D eigenvalue weighted by Crippen LogP contribution is 2.37. The number of nitrogens with zero attached hydrogens (tertiary/aromatic N) is 6. The molecule has 0 radical (unpaired) electrons. The summed E-state index contributed by atoms with van der Waals surface area (Å²) >= 11 is 1.29. The summed E-state index contributed by atoms with van der Waals surface area (Å²) in [6, 6.07) is 11.0. The molecule has 3 heterocycles. The molecule has 0 saturated heterocycles. The molecule has 0 N–H and O–H groups in total. The predicted octanol–water partition coefficient (Wildman–Crippen LogP) is 4.79. The van der Waals surface area contributed by atoms with Crippen molar-refractivity contribution in [3.63, 3.8) is 0 Å². The summed E-state index contributed by atoms with van der Waals surface area (Å²) in [4.78, 5) is 3.40. The molecule has 0 bridgehead atoms. The van der Waals surface area contributed by atoms with Crippen molar-refractivity contribution in [1.82, 2.24) is 24.3 Å². The van der Waals surface area contributed by atoms with Gasteiger partial charge in [-0.2, -0.15) is 15.5 Å². The Balaban J connectivity index is 1.83. The van der Waals surface area contributed by atoms with Gasteiger partial charge in [0.1, 0.15) is 11.9 Å². The first-order valence-corrected chi connectivity index (χ1v) is 10.7. The molecule has 8 heteroatoms. The van der Waals surface area contributed by atoms with E-state index in [0.717, 1.165) is 28.3 Å². The fraction of sp³-hybridized carbons (Fsp3) is 0.261. The zero-order valence-corrected chi connectivity index (χ0v) is 18.7. The highest BCUT2D eigenvalue weighted by molar-refractivity contribution is 7.99. The summed E-state index contributed by atoms with van der Waals surface area (Å²) in [5.41, 5.74) is 4.07. The van der Waals surface area contributed by atoms with E-state index in [1.807, 2.05) is 44.2 Å². The van der Waals surface area contributed by atoms with Gasteiger partial charge < -0.3 is 4.90 Å². The van der Waals surface area contributed by atoms with Crippen molar-refractivity contribution < 1.29 is 4.39 Å². The molecule has 0 aliphatic carbocycles. The average molecular weight is 435 g/mol. The smallest absolute Gasteiger partial charge is 0.137 e. The molecule has 31 heavy (non-hydrogen) atoms. The van der Waals surface area contributed by atoms with Crippen molar-refractivity contribution in [1.29, 1.82) is 5.26 Å². The predicted molar refractivity (Wildman–Crippen MR) is 120 cm³/mol. The lowest BCUT2D eigenvalue weighted by Crippen LogP contribution is -2.23. The van der Waals surface area contributed by atoms with Gasteiger partial charge in [0.15, 0.2) is 0 Å². The summed E-state index contributed by atoms with van der Waals surface area (Å²) < 4.78 is 18.1. The quantitative estimate of drug-likeness (QED) is 0.437.